The minimum atomic E-state index is -1.05. The SMILES string of the molecule is CCOC(N)=O.O=C(NC(=NC1CCCCC1)Nc1ccccc1C1CC1)c1ccc(F)c(F)c1. The molecule has 2 aliphatic rings. The van der Waals surface area contributed by atoms with Crippen LogP contribution in [-0.4, -0.2) is 30.6 Å². The van der Waals surface area contributed by atoms with Crippen molar-refractivity contribution in [2.75, 3.05) is 11.9 Å². The van der Waals surface area contributed by atoms with Crippen molar-refractivity contribution < 1.29 is 23.1 Å². The van der Waals surface area contributed by atoms with Crippen molar-refractivity contribution in [2.45, 2.75) is 63.8 Å². The molecular weight excluding hydrogens is 454 g/mol. The molecule has 4 N–H and O–H groups in total. The zero-order valence-corrected chi connectivity index (χ0v) is 19.9. The fourth-order valence-corrected chi connectivity index (χ4v) is 3.94. The number of primary amides is 1. The number of benzene rings is 2. The molecule has 0 atom stereocenters. The maximum atomic E-state index is 13.5. The molecule has 35 heavy (non-hydrogen) atoms. The Balaban J connectivity index is 0.000000509. The van der Waals surface area contributed by atoms with Gasteiger partial charge in [-0.25, -0.2) is 18.6 Å². The molecule has 0 heterocycles. The number of halogens is 2. The highest BCUT2D eigenvalue weighted by Gasteiger charge is 2.26. The lowest BCUT2D eigenvalue weighted by Gasteiger charge is -2.21. The molecule has 0 saturated heterocycles. The van der Waals surface area contributed by atoms with E-state index >= 15 is 0 Å². The molecule has 0 unspecified atom stereocenters. The average molecular weight is 487 g/mol. The second kappa shape index (κ2) is 12.8. The number of para-hydroxylation sites is 1. The molecule has 2 aromatic carbocycles. The van der Waals surface area contributed by atoms with Crippen LogP contribution in [0.25, 0.3) is 0 Å². The van der Waals surface area contributed by atoms with Crippen molar-refractivity contribution in [2.24, 2.45) is 10.7 Å². The van der Waals surface area contributed by atoms with Gasteiger partial charge < -0.3 is 15.8 Å². The van der Waals surface area contributed by atoms with Gasteiger partial charge in [-0.2, -0.15) is 0 Å². The van der Waals surface area contributed by atoms with Gasteiger partial charge in [0.1, 0.15) is 0 Å². The van der Waals surface area contributed by atoms with Crippen molar-refractivity contribution >= 4 is 23.6 Å². The van der Waals surface area contributed by atoms with Gasteiger partial charge in [0.05, 0.1) is 12.6 Å². The van der Waals surface area contributed by atoms with Crippen molar-refractivity contribution in [1.82, 2.24) is 5.32 Å². The Morgan fingerprint density at radius 3 is 2.34 bits per heavy atom. The molecule has 9 heteroatoms. The summed E-state index contributed by atoms with van der Waals surface area (Å²) in [5, 5.41) is 6.07. The van der Waals surface area contributed by atoms with E-state index in [1.165, 1.54) is 18.1 Å². The Morgan fingerprint density at radius 2 is 1.74 bits per heavy atom. The Hall–Kier alpha value is -3.49. The number of amides is 2. The van der Waals surface area contributed by atoms with Crippen LogP contribution in [0.2, 0.25) is 0 Å². The van der Waals surface area contributed by atoms with Crippen LogP contribution in [0, 0.1) is 11.6 Å². The molecule has 2 aromatic rings. The number of hydrogen-bond acceptors (Lipinski definition) is 4. The molecule has 0 aromatic heterocycles. The fourth-order valence-electron chi connectivity index (χ4n) is 3.94. The minimum absolute atomic E-state index is 0.0533. The van der Waals surface area contributed by atoms with Gasteiger partial charge in [0.2, 0.25) is 5.96 Å². The van der Waals surface area contributed by atoms with Gasteiger partial charge in [0.15, 0.2) is 11.6 Å². The summed E-state index contributed by atoms with van der Waals surface area (Å²) in [6, 6.07) is 11.3. The smallest absolute Gasteiger partial charge is 0.404 e. The Bertz CT molecular complexity index is 1050. The molecule has 2 saturated carbocycles. The van der Waals surface area contributed by atoms with Crippen LogP contribution in [0.15, 0.2) is 47.5 Å². The van der Waals surface area contributed by atoms with Crippen molar-refractivity contribution in [3.63, 3.8) is 0 Å². The number of ether oxygens (including phenoxy) is 1. The third-order valence-electron chi connectivity index (χ3n) is 5.82. The van der Waals surface area contributed by atoms with E-state index in [0.29, 0.717) is 18.5 Å². The number of hydrogen-bond donors (Lipinski definition) is 3. The van der Waals surface area contributed by atoms with Gasteiger partial charge in [-0.05, 0) is 68.4 Å². The number of nitrogens with two attached hydrogens (primary N) is 1. The number of carbonyl (C=O) groups is 2. The van der Waals surface area contributed by atoms with Crippen LogP contribution in [0.3, 0.4) is 0 Å². The highest BCUT2D eigenvalue weighted by atomic mass is 19.2. The standard InChI is InChI=1S/C23H25F2N3O.C3H7NO2/c24-19-13-12-16(14-20(19)25)22(29)28-23(26-17-6-2-1-3-7-17)27-21-9-5-4-8-18(21)15-10-11-15;1-2-6-3(4)5/h4-5,8-9,12-15,17H,1-3,6-7,10-11H2,(H2,26,27,28,29);2H2,1H3,(H2,4,5). The molecular formula is C26H32F2N4O3. The summed E-state index contributed by atoms with van der Waals surface area (Å²) < 4.78 is 30.9. The van der Waals surface area contributed by atoms with Gasteiger partial charge >= 0.3 is 6.09 Å². The summed E-state index contributed by atoms with van der Waals surface area (Å²) in [5.41, 5.74) is 6.73. The van der Waals surface area contributed by atoms with Crippen LogP contribution in [0.4, 0.5) is 19.3 Å². The zero-order valence-electron chi connectivity index (χ0n) is 19.9. The van der Waals surface area contributed by atoms with Crippen molar-refractivity contribution in [3.8, 4) is 0 Å². The van der Waals surface area contributed by atoms with Crippen LogP contribution in [0.1, 0.15) is 73.7 Å². The topological polar surface area (TPSA) is 106 Å². The van der Waals surface area contributed by atoms with Gasteiger partial charge in [-0.3, -0.25) is 10.1 Å². The van der Waals surface area contributed by atoms with Gasteiger partial charge in [0.25, 0.3) is 5.91 Å². The van der Waals surface area contributed by atoms with E-state index in [0.717, 1.165) is 56.3 Å². The first-order chi connectivity index (χ1) is 16.9. The number of anilines is 1. The Labute approximate surface area is 204 Å². The van der Waals surface area contributed by atoms with Crippen LogP contribution in [0.5, 0.6) is 0 Å². The third kappa shape index (κ3) is 8.35. The number of guanidine groups is 1. The second-order valence-electron chi connectivity index (χ2n) is 8.59. The highest BCUT2D eigenvalue weighted by Crippen LogP contribution is 2.43. The van der Waals surface area contributed by atoms with Crippen LogP contribution >= 0.6 is 0 Å². The molecule has 4 rings (SSSR count). The molecule has 0 aliphatic heterocycles. The first kappa shape index (κ1) is 26.1. The predicted molar refractivity (Wildman–Crippen MR) is 131 cm³/mol. The minimum Gasteiger partial charge on any atom is -0.450 e. The van der Waals surface area contributed by atoms with Crippen LogP contribution < -0.4 is 16.4 Å². The highest BCUT2D eigenvalue weighted by molar-refractivity contribution is 6.10. The third-order valence-corrected chi connectivity index (χ3v) is 5.82. The molecule has 0 bridgehead atoms. The van der Waals surface area contributed by atoms with E-state index in [9.17, 15) is 18.4 Å². The van der Waals surface area contributed by atoms with E-state index in [4.69, 9.17) is 4.99 Å². The monoisotopic (exact) mass is 486 g/mol. The van der Waals surface area contributed by atoms with E-state index in [-0.39, 0.29) is 11.6 Å². The number of rotatable bonds is 5. The summed E-state index contributed by atoms with van der Waals surface area (Å²) >= 11 is 0. The van der Waals surface area contributed by atoms with E-state index < -0.39 is 23.6 Å². The summed E-state index contributed by atoms with van der Waals surface area (Å²) in [6.07, 6.45) is 7.03. The van der Waals surface area contributed by atoms with Crippen molar-refractivity contribution in [3.05, 3.63) is 65.2 Å². The summed E-state index contributed by atoms with van der Waals surface area (Å²) in [5.74, 6) is -1.64. The number of nitrogens with zero attached hydrogens (tertiary/aromatic N) is 1. The summed E-state index contributed by atoms with van der Waals surface area (Å²) in [4.78, 5) is 27.0. The predicted octanol–water partition coefficient (Wildman–Crippen LogP) is 5.47. The normalized spacial score (nSPS) is 16.0. The maximum absolute atomic E-state index is 13.5. The zero-order chi connectivity index (χ0) is 25.2. The lowest BCUT2D eigenvalue weighted by molar-refractivity contribution is 0.0976. The molecule has 188 valence electrons. The number of carbonyl (C=O) groups excluding carboxylic acids is 2. The molecule has 2 fully saturated rings. The van der Waals surface area contributed by atoms with E-state index in [2.05, 4.69) is 27.2 Å². The first-order valence-electron chi connectivity index (χ1n) is 12.0. The lowest BCUT2D eigenvalue weighted by atomic mass is 9.96. The fraction of sp³-hybridized carbons (Fsp3) is 0.423. The van der Waals surface area contributed by atoms with E-state index in [1.807, 2.05) is 18.2 Å². The van der Waals surface area contributed by atoms with Crippen molar-refractivity contribution in [1.29, 1.82) is 0 Å². The van der Waals surface area contributed by atoms with Crippen LogP contribution in [-0.2, 0) is 4.74 Å². The average Bonchev–Trinajstić information content (AvgIpc) is 3.67. The lowest BCUT2D eigenvalue weighted by Crippen LogP contribution is -2.37. The second-order valence-corrected chi connectivity index (χ2v) is 8.59. The number of nitrogens with one attached hydrogen (secondary N) is 2. The van der Waals surface area contributed by atoms with E-state index in [1.54, 1.807) is 6.92 Å². The molecule has 2 aliphatic carbocycles. The molecule has 7 nitrogen and oxygen atoms in total. The first-order valence-corrected chi connectivity index (χ1v) is 12.0. The quantitative estimate of drug-likeness (QED) is 0.385. The largest absolute Gasteiger partial charge is 0.450 e. The van der Waals surface area contributed by atoms with Gasteiger partial charge in [-0.1, -0.05) is 37.5 Å². The Kier molecular flexibility index (Phi) is 9.57. The Morgan fingerprint density at radius 1 is 1.03 bits per heavy atom. The molecule has 0 radical (unpaired) electrons. The molecule has 0 spiro atoms. The summed E-state index contributed by atoms with van der Waals surface area (Å²) in [6.45, 7) is 2.06. The molecule has 2 amide bonds. The van der Waals surface area contributed by atoms with Gasteiger partial charge in [0, 0.05) is 11.3 Å². The summed E-state index contributed by atoms with van der Waals surface area (Å²) in [7, 11) is 0. The van der Waals surface area contributed by atoms with Gasteiger partial charge in [-0.15, -0.1) is 0 Å². The maximum Gasteiger partial charge on any atom is 0.404 e. The number of aliphatic imine (C=N–C) groups is 1.